The third-order valence-corrected chi connectivity index (χ3v) is 13.5. The predicted octanol–water partition coefficient (Wildman–Crippen LogP) is 13.4. The van der Waals surface area contributed by atoms with Gasteiger partial charge < -0.3 is 14.4 Å². The largest absolute Gasteiger partial charge is 0.491 e. The van der Waals surface area contributed by atoms with Crippen LogP contribution in [0.25, 0.3) is 21.5 Å². The average Bonchev–Trinajstić information content (AvgIpc) is 3.61. The Labute approximate surface area is 342 Å². The highest BCUT2D eigenvalue weighted by molar-refractivity contribution is 8.00. The highest BCUT2D eigenvalue weighted by Crippen LogP contribution is 2.51. The summed E-state index contributed by atoms with van der Waals surface area (Å²) in [5.41, 5.74) is 9.40. The molecule has 1 aliphatic carbocycles. The summed E-state index contributed by atoms with van der Waals surface area (Å²) in [5, 5.41) is 5.38. The molecule has 2 aliphatic heterocycles. The summed E-state index contributed by atoms with van der Waals surface area (Å²) in [6.45, 7) is 8.85. The first-order chi connectivity index (χ1) is 28.0. The quantitative estimate of drug-likeness (QED) is 0.116. The van der Waals surface area contributed by atoms with E-state index >= 15 is 0 Å². The maximum Gasteiger partial charge on any atom is 0.127 e. The van der Waals surface area contributed by atoms with Gasteiger partial charge in [-0.25, -0.2) is 0 Å². The Morgan fingerprint density at radius 2 is 1.49 bits per heavy atom. The monoisotopic (exact) mass is 765 g/mol. The van der Waals surface area contributed by atoms with Crippen molar-refractivity contribution in [2.75, 3.05) is 24.7 Å². The summed E-state index contributed by atoms with van der Waals surface area (Å²) in [7, 11) is 0. The molecule has 286 valence electrons. The van der Waals surface area contributed by atoms with Crippen molar-refractivity contribution in [1.29, 1.82) is 0 Å². The van der Waals surface area contributed by atoms with Crippen LogP contribution in [-0.2, 0) is 11.2 Å². The van der Waals surface area contributed by atoms with Gasteiger partial charge in [0.1, 0.15) is 18.5 Å². The number of nitrogens with zero attached hydrogens (tertiary/aromatic N) is 1. The maximum absolute atomic E-state index is 6.61. The van der Waals surface area contributed by atoms with E-state index in [9.17, 15) is 0 Å². The van der Waals surface area contributed by atoms with E-state index in [4.69, 9.17) is 9.47 Å². The molecule has 0 aromatic heterocycles. The van der Waals surface area contributed by atoms with Crippen molar-refractivity contribution in [3.8, 4) is 5.75 Å². The minimum atomic E-state index is 0.0290. The lowest BCUT2D eigenvalue weighted by Gasteiger charge is -2.31. The smallest absolute Gasteiger partial charge is 0.127 e. The van der Waals surface area contributed by atoms with E-state index in [1.54, 1.807) is 0 Å². The highest BCUT2D eigenvalue weighted by atomic mass is 32.2. The molecular weight excluding hydrogens is 715 g/mol. The van der Waals surface area contributed by atoms with Crippen LogP contribution in [-0.4, -0.2) is 25.0 Å². The molecule has 9 rings (SSSR count). The van der Waals surface area contributed by atoms with Gasteiger partial charge in [-0.15, -0.1) is 11.8 Å². The molecule has 0 N–H and O–H groups in total. The molecule has 0 bridgehead atoms. The van der Waals surface area contributed by atoms with E-state index in [1.807, 2.05) is 11.8 Å². The topological polar surface area (TPSA) is 21.7 Å². The average molecular weight is 766 g/mol. The Bertz CT molecular complexity index is 2520. The number of benzene rings is 6. The van der Waals surface area contributed by atoms with Crippen molar-refractivity contribution in [3.63, 3.8) is 0 Å². The second-order valence-corrected chi connectivity index (χ2v) is 17.0. The van der Waals surface area contributed by atoms with Gasteiger partial charge in [0.15, 0.2) is 0 Å². The summed E-state index contributed by atoms with van der Waals surface area (Å²) >= 11 is 2.03. The van der Waals surface area contributed by atoms with Gasteiger partial charge >= 0.3 is 0 Å². The van der Waals surface area contributed by atoms with Crippen LogP contribution in [0.5, 0.6) is 5.75 Å². The van der Waals surface area contributed by atoms with Crippen LogP contribution in [0.3, 0.4) is 0 Å². The molecule has 6 aromatic rings. The van der Waals surface area contributed by atoms with Gasteiger partial charge in [0.25, 0.3) is 0 Å². The molecule has 5 unspecified atom stereocenters. The number of fused-ring (bicyclic) bond motifs is 6. The summed E-state index contributed by atoms with van der Waals surface area (Å²) in [5.74, 6) is 1.83. The van der Waals surface area contributed by atoms with Crippen LogP contribution in [0.1, 0.15) is 64.7 Å². The number of anilines is 1. The fourth-order valence-electron chi connectivity index (χ4n) is 8.76. The summed E-state index contributed by atoms with van der Waals surface area (Å²) in [6, 6.07) is 41.7. The van der Waals surface area contributed by atoms with Crippen molar-refractivity contribution in [2.24, 2.45) is 5.92 Å². The van der Waals surface area contributed by atoms with E-state index < -0.39 is 0 Å². The molecule has 0 spiro atoms. The van der Waals surface area contributed by atoms with Crippen LogP contribution in [0, 0.1) is 19.8 Å². The number of rotatable bonds is 12. The molecule has 4 heteroatoms. The fraction of sp³-hybridized carbons (Fsp3) is 0.245. The molecule has 0 radical (unpaired) electrons. The Hall–Kier alpha value is -5.29. The van der Waals surface area contributed by atoms with E-state index in [-0.39, 0.29) is 12.0 Å². The van der Waals surface area contributed by atoms with Crippen LogP contribution in [0.15, 0.2) is 169 Å². The zero-order valence-corrected chi connectivity index (χ0v) is 34.0. The second-order valence-electron chi connectivity index (χ2n) is 15.8. The van der Waals surface area contributed by atoms with Gasteiger partial charge in [-0.05, 0) is 94.3 Å². The zero-order chi connectivity index (χ0) is 38.7. The van der Waals surface area contributed by atoms with Gasteiger partial charge in [-0.2, -0.15) is 0 Å². The molecular formula is C53H51NO2S. The van der Waals surface area contributed by atoms with E-state index in [0.717, 1.165) is 37.1 Å². The van der Waals surface area contributed by atoms with Crippen LogP contribution < -0.4 is 9.64 Å². The normalized spacial score (nSPS) is 20.4. The third kappa shape index (κ3) is 7.86. The Morgan fingerprint density at radius 3 is 2.39 bits per heavy atom. The Kier molecular flexibility index (Phi) is 10.9. The molecule has 0 amide bonds. The summed E-state index contributed by atoms with van der Waals surface area (Å²) in [4.78, 5) is 3.78. The lowest BCUT2D eigenvalue weighted by atomic mass is 9.89. The van der Waals surface area contributed by atoms with Gasteiger partial charge in [0.05, 0.1) is 6.54 Å². The van der Waals surface area contributed by atoms with Crippen molar-refractivity contribution >= 4 is 39.0 Å². The Balaban J connectivity index is 0.890. The molecule has 0 saturated heterocycles. The van der Waals surface area contributed by atoms with Crippen molar-refractivity contribution in [1.82, 2.24) is 0 Å². The number of aryl methyl sites for hydroxylation is 2. The maximum atomic E-state index is 6.61. The molecule has 2 heterocycles. The number of allylic oxidation sites excluding steroid dienone is 5. The van der Waals surface area contributed by atoms with Crippen LogP contribution in [0.2, 0.25) is 0 Å². The number of thioether (sulfide) groups is 1. The highest BCUT2D eigenvalue weighted by Gasteiger charge is 2.33. The standard InChI is InChI=1S/C53H51NO2S/c1-36(22-24-42-28-30-54(49-35-38(3)37(2)34-48(42)49)31-33-56-51-21-11-16-40-13-5-8-18-44(40)51)23-27-52-46(47-26-25-41-14-6-9-19-45(41)53(47)57-52)29-32-55-50-20-10-15-39-12-4-7-17-43(39)50/h4-14,16-28,30,34-36,42,46,50,52H,15,29,31-33H2,1-3H3/b24-22+,27-23+. The first-order valence-corrected chi connectivity index (χ1v) is 21.5. The lowest BCUT2D eigenvalue weighted by Crippen LogP contribution is -2.27. The molecule has 57 heavy (non-hydrogen) atoms. The zero-order valence-electron chi connectivity index (χ0n) is 33.2. The SMILES string of the molecule is Cc1cc2c(cc1C)N(CCOc1cccc3ccccc13)C=CC2/C=C/C(C)/C=C/C1Sc2c(ccc3ccccc23)C1CCOC1C=CCc2ccccc21. The van der Waals surface area contributed by atoms with E-state index in [2.05, 4.69) is 190 Å². The van der Waals surface area contributed by atoms with Gasteiger partial charge in [0, 0.05) is 45.9 Å². The minimum Gasteiger partial charge on any atom is -0.491 e. The number of hydrogen-bond acceptors (Lipinski definition) is 4. The minimum absolute atomic E-state index is 0.0290. The predicted molar refractivity (Wildman–Crippen MR) is 241 cm³/mol. The first-order valence-electron chi connectivity index (χ1n) is 20.6. The Morgan fingerprint density at radius 1 is 0.737 bits per heavy atom. The van der Waals surface area contributed by atoms with Crippen LogP contribution >= 0.6 is 11.8 Å². The third-order valence-electron chi connectivity index (χ3n) is 12.0. The molecule has 6 aromatic carbocycles. The van der Waals surface area contributed by atoms with Gasteiger partial charge in [0.2, 0.25) is 0 Å². The number of ether oxygens (including phenoxy) is 2. The van der Waals surface area contributed by atoms with Crippen molar-refractivity contribution in [2.45, 2.75) is 61.7 Å². The van der Waals surface area contributed by atoms with Gasteiger partial charge in [-0.3, -0.25) is 0 Å². The summed E-state index contributed by atoms with van der Waals surface area (Å²) < 4.78 is 13.0. The fourth-order valence-corrected chi connectivity index (χ4v) is 10.3. The molecule has 0 fully saturated rings. The van der Waals surface area contributed by atoms with Gasteiger partial charge in [-0.1, -0.05) is 153 Å². The number of hydrogen-bond donors (Lipinski definition) is 0. The summed E-state index contributed by atoms with van der Waals surface area (Å²) in [6.07, 6.45) is 20.8. The lowest BCUT2D eigenvalue weighted by molar-refractivity contribution is 0.0782. The first kappa shape index (κ1) is 37.3. The van der Waals surface area contributed by atoms with Crippen LogP contribution in [0.4, 0.5) is 5.69 Å². The van der Waals surface area contributed by atoms with E-state index in [0.29, 0.717) is 23.7 Å². The molecule has 3 nitrogen and oxygen atoms in total. The molecule has 3 aliphatic rings. The van der Waals surface area contributed by atoms with Crippen molar-refractivity contribution < 1.29 is 9.47 Å². The van der Waals surface area contributed by atoms with E-state index in [1.165, 1.54) is 60.1 Å². The second kappa shape index (κ2) is 16.7. The van der Waals surface area contributed by atoms with Crippen molar-refractivity contribution in [3.05, 3.63) is 197 Å². The molecule has 5 atom stereocenters. The molecule has 0 saturated carbocycles.